The summed E-state index contributed by atoms with van der Waals surface area (Å²) >= 11 is 5.79. The van der Waals surface area contributed by atoms with Crippen LogP contribution in [0.5, 0.6) is 0 Å². The Balaban J connectivity index is 2.95. The lowest BCUT2D eigenvalue weighted by Crippen LogP contribution is -1.92. The van der Waals surface area contributed by atoms with Crippen molar-refractivity contribution in [3.63, 3.8) is 0 Å². The van der Waals surface area contributed by atoms with Crippen molar-refractivity contribution < 1.29 is 0 Å². The minimum Gasteiger partial charge on any atom is -0.198 e. The van der Waals surface area contributed by atoms with Crippen LogP contribution in [0.2, 0.25) is 5.02 Å². The van der Waals surface area contributed by atoms with Crippen molar-refractivity contribution in [2.45, 2.75) is 19.3 Å². The van der Waals surface area contributed by atoms with Crippen LogP contribution in [0.25, 0.3) is 0 Å². The predicted molar refractivity (Wildman–Crippen MR) is 50.1 cm³/mol. The number of benzene rings is 1. The van der Waals surface area contributed by atoms with Gasteiger partial charge in [0, 0.05) is 5.02 Å². The summed E-state index contributed by atoms with van der Waals surface area (Å²) in [7, 11) is 0. The maximum Gasteiger partial charge on any atom is 0.0710 e. The molecular weight excluding hydrogens is 170 g/mol. The van der Waals surface area contributed by atoms with E-state index in [0.717, 1.165) is 12.0 Å². The molecule has 0 heterocycles. The maximum absolute atomic E-state index is 8.78. The molecule has 0 amide bonds. The van der Waals surface area contributed by atoms with Crippen molar-refractivity contribution in [3.8, 4) is 6.07 Å². The van der Waals surface area contributed by atoms with E-state index >= 15 is 0 Å². The Kier molecular flexibility index (Phi) is 3.13. The molecule has 0 saturated carbocycles. The molecule has 0 aliphatic heterocycles. The van der Waals surface area contributed by atoms with E-state index in [1.165, 1.54) is 0 Å². The molecule has 0 aliphatic rings. The molecule has 0 saturated heterocycles. The number of rotatable bonds is 2. The number of hydrogen-bond donors (Lipinski definition) is 0. The van der Waals surface area contributed by atoms with Crippen molar-refractivity contribution >= 4 is 11.6 Å². The van der Waals surface area contributed by atoms with E-state index in [0.29, 0.717) is 5.02 Å². The molecule has 1 rings (SSSR count). The number of nitriles is 1. The molecule has 0 aromatic heterocycles. The van der Waals surface area contributed by atoms with Crippen LogP contribution in [0.4, 0.5) is 0 Å². The van der Waals surface area contributed by atoms with Crippen molar-refractivity contribution in [2.24, 2.45) is 0 Å². The van der Waals surface area contributed by atoms with Gasteiger partial charge in [-0.15, -0.1) is 0 Å². The molecule has 0 bridgehead atoms. The van der Waals surface area contributed by atoms with Crippen molar-refractivity contribution in [3.05, 3.63) is 34.9 Å². The molecular formula is C10H10ClN. The van der Waals surface area contributed by atoms with Crippen LogP contribution in [-0.4, -0.2) is 0 Å². The largest absolute Gasteiger partial charge is 0.198 e. The Hall–Kier alpha value is -1.00. The van der Waals surface area contributed by atoms with Gasteiger partial charge < -0.3 is 0 Å². The Morgan fingerprint density at radius 2 is 2.33 bits per heavy atom. The first-order chi connectivity index (χ1) is 5.77. The highest BCUT2D eigenvalue weighted by Crippen LogP contribution is 2.21. The molecule has 1 aromatic carbocycles. The van der Waals surface area contributed by atoms with E-state index in [4.69, 9.17) is 16.9 Å². The van der Waals surface area contributed by atoms with Gasteiger partial charge >= 0.3 is 0 Å². The van der Waals surface area contributed by atoms with Gasteiger partial charge in [-0.3, -0.25) is 0 Å². The average Bonchev–Trinajstić information content (AvgIpc) is 2.07. The zero-order valence-electron chi connectivity index (χ0n) is 6.92. The van der Waals surface area contributed by atoms with Gasteiger partial charge in [0.1, 0.15) is 0 Å². The minimum absolute atomic E-state index is 0.0244. The summed E-state index contributed by atoms with van der Waals surface area (Å²) in [5.41, 5.74) is 1.01. The third-order valence-corrected chi connectivity index (χ3v) is 2.05. The highest BCUT2D eigenvalue weighted by Gasteiger charge is 2.06. The lowest BCUT2D eigenvalue weighted by atomic mass is 9.98. The van der Waals surface area contributed by atoms with Crippen LogP contribution in [0.3, 0.4) is 0 Å². The van der Waals surface area contributed by atoms with Crippen LogP contribution < -0.4 is 0 Å². The summed E-state index contributed by atoms with van der Waals surface area (Å²) in [6, 6.07) is 9.70. The van der Waals surface area contributed by atoms with Crippen LogP contribution in [0.1, 0.15) is 24.8 Å². The molecule has 0 N–H and O–H groups in total. The Labute approximate surface area is 77.6 Å². The quantitative estimate of drug-likeness (QED) is 0.683. The Bertz CT molecular complexity index is 301. The van der Waals surface area contributed by atoms with E-state index < -0.39 is 0 Å². The van der Waals surface area contributed by atoms with Crippen LogP contribution in [-0.2, 0) is 0 Å². The lowest BCUT2D eigenvalue weighted by Gasteiger charge is -2.05. The summed E-state index contributed by atoms with van der Waals surface area (Å²) in [5.74, 6) is -0.0244. The summed E-state index contributed by atoms with van der Waals surface area (Å²) in [6.07, 6.45) is 0.830. The van der Waals surface area contributed by atoms with Gasteiger partial charge in [0.15, 0.2) is 0 Å². The standard InChI is InChI=1S/C10H10ClN/c1-2-8(7-12)9-4-3-5-10(11)6-9/h3-6,8H,2H2,1H3/t8-/m0/s1. The molecule has 0 aliphatic carbocycles. The van der Waals surface area contributed by atoms with Gasteiger partial charge in [0.2, 0.25) is 0 Å². The van der Waals surface area contributed by atoms with E-state index in [-0.39, 0.29) is 5.92 Å². The summed E-state index contributed by atoms with van der Waals surface area (Å²) in [6.45, 7) is 1.99. The van der Waals surface area contributed by atoms with Gasteiger partial charge in [-0.25, -0.2) is 0 Å². The zero-order valence-corrected chi connectivity index (χ0v) is 7.67. The number of hydrogen-bond acceptors (Lipinski definition) is 1. The summed E-state index contributed by atoms with van der Waals surface area (Å²) in [4.78, 5) is 0. The molecule has 2 heteroatoms. The second kappa shape index (κ2) is 4.13. The molecule has 0 spiro atoms. The number of nitrogens with zero attached hydrogens (tertiary/aromatic N) is 1. The van der Waals surface area contributed by atoms with Gasteiger partial charge in [-0.05, 0) is 24.1 Å². The fourth-order valence-electron chi connectivity index (χ4n) is 1.12. The predicted octanol–water partition coefficient (Wildman–Crippen LogP) is 3.36. The van der Waals surface area contributed by atoms with Crippen LogP contribution in [0, 0.1) is 11.3 Å². The van der Waals surface area contributed by atoms with Crippen LogP contribution in [0.15, 0.2) is 24.3 Å². The highest BCUT2D eigenvalue weighted by atomic mass is 35.5. The topological polar surface area (TPSA) is 23.8 Å². The van der Waals surface area contributed by atoms with E-state index in [1.807, 2.05) is 31.2 Å². The SMILES string of the molecule is CC[C@@H](C#N)c1cccc(Cl)c1. The smallest absolute Gasteiger partial charge is 0.0710 e. The first kappa shape index (κ1) is 9.09. The normalized spacial score (nSPS) is 12.1. The third kappa shape index (κ3) is 1.99. The molecule has 0 unspecified atom stereocenters. The minimum atomic E-state index is -0.0244. The van der Waals surface area contributed by atoms with Gasteiger partial charge in [-0.2, -0.15) is 5.26 Å². The summed E-state index contributed by atoms with van der Waals surface area (Å²) in [5, 5.41) is 9.47. The molecule has 62 valence electrons. The molecule has 1 aromatic rings. The first-order valence-corrected chi connectivity index (χ1v) is 4.30. The third-order valence-electron chi connectivity index (χ3n) is 1.82. The van der Waals surface area contributed by atoms with Crippen molar-refractivity contribution in [2.75, 3.05) is 0 Å². The summed E-state index contributed by atoms with van der Waals surface area (Å²) < 4.78 is 0. The van der Waals surface area contributed by atoms with Crippen molar-refractivity contribution in [1.82, 2.24) is 0 Å². The number of halogens is 1. The van der Waals surface area contributed by atoms with E-state index in [2.05, 4.69) is 6.07 Å². The van der Waals surface area contributed by atoms with Crippen molar-refractivity contribution in [1.29, 1.82) is 5.26 Å². The fraction of sp³-hybridized carbons (Fsp3) is 0.300. The molecule has 0 radical (unpaired) electrons. The molecule has 12 heavy (non-hydrogen) atoms. The Morgan fingerprint density at radius 3 is 2.83 bits per heavy atom. The monoisotopic (exact) mass is 179 g/mol. The van der Waals surface area contributed by atoms with E-state index in [1.54, 1.807) is 0 Å². The van der Waals surface area contributed by atoms with Gasteiger partial charge in [0.05, 0.1) is 12.0 Å². The second-order valence-corrected chi connectivity index (χ2v) is 3.08. The zero-order chi connectivity index (χ0) is 8.97. The average molecular weight is 180 g/mol. The highest BCUT2D eigenvalue weighted by molar-refractivity contribution is 6.30. The fourth-order valence-corrected chi connectivity index (χ4v) is 1.32. The van der Waals surface area contributed by atoms with Gasteiger partial charge in [0.25, 0.3) is 0 Å². The first-order valence-electron chi connectivity index (χ1n) is 3.93. The Morgan fingerprint density at radius 1 is 1.58 bits per heavy atom. The maximum atomic E-state index is 8.78. The second-order valence-electron chi connectivity index (χ2n) is 2.64. The van der Waals surface area contributed by atoms with Gasteiger partial charge in [-0.1, -0.05) is 30.7 Å². The van der Waals surface area contributed by atoms with Crippen LogP contribution >= 0.6 is 11.6 Å². The molecule has 1 nitrogen and oxygen atoms in total. The van der Waals surface area contributed by atoms with E-state index in [9.17, 15) is 0 Å². The molecule has 1 atom stereocenters. The lowest BCUT2D eigenvalue weighted by molar-refractivity contribution is 0.818. The molecule has 0 fully saturated rings.